The van der Waals surface area contributed by atoms with Gasteiger partial charge in [-0.15, -0.1) is 0 Å². The Morgan fingerprint density at radius 3 is 2.49 bits per heavy atom. The smallest absolute Gasteiger partial charge is 0.253 e. The van der Waals surface area contributed by atoms with Crippen LogP contribution in [0.3, 0.4) is 0 Å². The molecule has 1 N–H and O–H groups in total. The van der Waals surface area contributed by atoms with Crippen molar-refractivity contribution in [1.29, 1.82) is 0 Å². The Kier molecular flexibility index (Phi) is 8.18. The number of benzene rings is 2. The van der Waals surface area contributed by atoms with Crippen LogP contribution in [-0.2, 0) is 6.42 Å². The Bertz CT molecular complexity index is 1190. The van der Waals surface area contributed by atoms with Gasteiger partial charge in [0.05, 0.1) is 18.4 Å². The van der Waals surface area contributed by atoms with Crippen molar-refractivity contribution in [3.8, 4) is 5.75 Å². The van der Waals surface area contributed by atoms with Crippen LogP contribution in [-0.4, -0.2) is 48.4 Å². The number of piperidine rings is 1. The molecule has 4 rings (SSSR count). The maximum Gasteiger partial charge on any atom is 0.253 e. The number of halogens is 1. The number of rotatable bonds is 7. The molecule has 0 unspecified atom stereocenters. The van der Waals surface area contributed by atoms with E-state index in [9.17, 15) is 9.59 Å². The van der Waals surface area contributed by atoms with Gasteiger partial charge in [-0.2, -0.15) is 0 Å². The predicted molar refractivity (Wildman–Crippen MR) is 140 cm³/mol. The molecule has 0 atom stereocenters. The van der Waals surface area contributed by atoms with Crippen molar-refractivity contribution in [3.63, 3.8) is 0 Å². The van der Waals surface area contributed by atoms with Gasteiger partial charge in [-0.3, -0.25) is 14.6 Å². The third kappa shape index (κ3) is 6.09. The summed E-state index contributed by atoms with van der Waals surface area (Å²) in [6, 6.07) is 19.0. The summed E-state index contributed by atoms with van der Waals surface area (Å²) >= 11 is 3.41. The summed E-state index contributed by atoms with van der Waals surface area (Å²) in [5, 5.41) is 3.05. The number of hydrogen-bond acceptors (Lipinski definition) is 4. The fourth-order valence-corrected chi connectivity index (χ4v) is 4.79. The Morgan fingerprint density at radius 2 is 1.77 bits per heavy atom. The molecule has 1 aromatic heterocycles. The van der Waals surface area contributed by atoms with Gasteiger partial charge >= 0.3 is 0 Å². The zero-order valence-electron chi connectivity index (χ0n) is 20.1. The lowest BCUT2D eigenvalue weighted by atomic mass is 9.89. The largest absolute Gasteiger partial charge is 0.496 e. The van der Waals surface area contributed by atoms with Crippen LogP contribution in [0.15, 0.2) is 65.1 Å². The fraction of sp³-hybridized carbons (Fsp3) is 0.321. The number of carbonyl (C=O) groups is 2. The van der Waals surface area contributed by atoms with Gasteiger partial charge in [0.15, 0.2) is 0 Å². The average Bonchev–Trinajstić information content (AvgIpc) is 2.89. The molecule has 0 spiro atoms. The summed E-state index contributed by atoms with van der Waals surface area (Å²) in [5.41, 5.74) is 4.08. The van der Waals surface area contributed by atoms with Gasteiger partial charge in [0, 0.05) is 41.3 Å². The van der Waals surface area contributed by atoms with E-state index >= 15 is 0 Å². The van der Waals surface area contributed by atoms with Crippen LogP contribution in [0.2, 0.25) is 0 Å². The predicted octanol–water partition coefficient (Wildman–Crippen LogP) is 5.15. The summed E-state index contributed by atoms with van der Waals surface area (Å²) in [4.78, 5) is 32.6. The van der Waals surface area contributed by atoms with Gasteiger partial charge < -0.3 is 15.0 Å². The fourth-order valence-electron chi connectivity index (χ4n) is 4.53. The highest BCUT2D eigenvalue weighted by Crippen LogP contribution is 2.30. The van der Waals surface area contributed by atoms with E-state index in [1.165, 1.54) is 0 Å². The van der Waals surface area contributed by atoms with E-state index in [1.807, 2.05) is 72.5 Å². The summed E-state index contributed by atoms with van der Waals surface area (Å²) in [6.07, 6.45) is 2.24. The van der Waals surface area contributed by atoms with Crippen LogP contribution in [0.25, 0.3) is 0 Å². The lowest BCUT2D eigenvalue weighted by molar-refractivity contribution is 0.0710. The summed E-state index contributed by atoms with van der Waals surface area (Å²) in [6.45, 7) is 3.74. The standard InChI is InChI=1S/C28H30BrN3O3/c1-19-7-12-24(27(33)30-16-13-20-5-3-4-6-25(20)35-2)26(31-19)21-14-17-32(18-15-21)28(34)22-8-10-23(29)11-9-22/h3-12,21H,13-18H2,1-2H3,(H,30,33). The second-order valence-electron chi connectivity index (χ2n) is 8.78. The van der Waals surface area contributed by atoms with E-state index < -0.39 is 0 Å². The highest BCUT2D eigenvalue weighted by atomic mass is 79.9. The molecule has 6 nitrogen and oxygen atoms in total. The molecule has 0 radical (unpaired) electrons. The van der Waals surface area contributed by atoms with E-state index in [0.29, 0.717) is 37.2 Å². The molecule has 1 aliphatic rings. The molecule has 1 aliphatic heterocycles. The SMILES string of the molecule is COc1ccccc1CCNC(=O)c1ccc(C)nc1C1CCN(C(=O)c2ccc(Br)cc2)CC1. The maximum absolute atomic E-state index is 13.1. The first-order valence-electron chi connectivity index (χ1n) is 11.9. The van der Waals surface area contributed by atoms with Crippen LogP contribution in [0.5, 0.6) is 5.75 Å². The minimum atomic E-state index is -0.115. The molecule has 3 aromatic rings. The minimum absolute atomic E-state index is 0.0439. The third-order valence-corrected chi connectivity index (χ3v) is 6.97. The second-order valence-corrected chi connectivity index (χ2v) is 9.69. The highest BCUT2D eigenvalue weighted by Gasteiger charge is 2.28. The molecule has 0 saturated carbocycles. The van der Waals surface area contributed by atoms with Gasteiger partial charge in [-0.05, 0) is 74.2 Å². The van der Waals surface area contributed by atoms with Crippen LogP contribution < -0.4 is 10.1 Å². The Labute approximate surface area is 214 Å². The molecular formula is C28H30BrN3O3. The number of nitrogens with zero attached hydrogens (tertiary/aromatic N) is 2. The molecule has 1 saturated heterocycles. The molecule has 2 amide bonds. The summed E-state index contributed by atoms with van der Waals surface area (Å²) in [7, 11) is 1.65. The normalized spacial score (nSPS) is 14.0. The number of aryl methyl sites for hydroxylation is 1. The number of carbonyl (C=O) groups excluding carboxylic acids is 2. The van der Waals surface area contributed by atoms with Crippen LogP contribution >= 0.6 is 15.9 Å². The van der Waals surface area contributed by atoms with Crippen molar-refractivity contribution >= 4 is 27.7 Å². The first-order valence-corrected chi connectivity index (χ1v) is 12.7. The molecule has 182 valence electrons. The van der Waals surface area contributed by atoms with Crippen molar-refractivity contribution in [2.75, 3.05) is 26.7 Å². The van der Waals surface area contributed by atoms with E-state index in [0.717, 1.165) is 40.0 Å². The zero-order chi connectivity index (χ0) is 24.8. The second kappa shape index (κ2) is 11.5. The molecule has 2 aromatic carbocycles. The molecule has 1 fully saturated rings. The lowest BCUT2D eigenvalue weighted by Crippen LogP contribution is -2.38. The zero-order valence-corrected chi connectivity index (χ0v) is 21.7. The van der Waals surface area contributed by atoms with Gasteiger partial charge in [0.1, 0.15) is 5.75 Å². The molecule has 0 aliphatic carbocycles. The number of ether oxygens (including phenoxy) is 1. The molecule has 2 heterocycles. The number of hydrogen-bond donors (Lipinski definition) is 1. The van der Waals surface area contributed by atoms with Crippen LogP contribution in [0.4, 0.5) is 0 Å². The van der Waals surface area contributed by atoms with Crippen LogP contribution in [0, 0.1) is 6.92 Å². The number of para-hydroxylation sites is 1. The number of aromatic nitrogens is 1. The van der Waals surface area contributed by atoms with Gasteiger partial charge in [0.25, 0.3) is 11.8 Å². The topological polar surface area (TPSA) is 71.5 Å². The molecule has 0 bridgehead atoms. The molecule has 7 heteroatoms. The van der Waals surface area contributed by atoms with E-state index in [-0.39, 0.29) is 17.7 Å². The van der Waals surface area contributed by atoms with Crippen molar-refractivity contribution < 1.29 is 14.3 Å². The Morgan fingerprint density at radius 1 is 1.06 bits per heavy atom. The first-order chi connectivity index (χ1) is 17.0. The van der Waals surface area contributed by atoms with Gasteiger partial charge in [0.2, 0.25) is 0 Å². The number of nitrogens with one attached hydrogen (secondary N) is 1. The van der Waals surface area contributed by atoms with Crippen molar-refractivity contribution in [2.24, 2.45) is 0 Å². The van der Waals surface area contributed by atoms with Crippen molar-refractivity contribution in [2.45, 2.75) is 32.1 Å². The van der Waals surface area contributed by atoms with E-state index in [4.69, 9.17) is 9.72 Å². The average molecular weight is 536 g/mol. The van der Waals surface area contributed by atoms with Gasteiger partial charge in [-0.1, -0.05) is 34.1 Å². The summed E-state index contributed by atoms with van der Waals surface area (Å²) < 4.78 is 6.36. The number of pyridine rings is 1. The van der Waals surface area contributed by atoms with Crippen LogP contribution in [0.1, 0.15) is 56.4 Å². The number of amides is 2. The van der Waals surface area contributed by atoms with Crippen molar-refractivity contribution in [3.05, 3.63) is 93.2 Å². The minimum Gasteiger partial charge on any atom is -0.496 e. The highest BCUT2D eigenvalue weighted by molar-refractivity contribution is 9.10. The third-order valence-electron chi connectivity index (χ3n) is 6.44. The maximum atomic E-state index is 13.1. The molecular weight excluding hydrogens is 506 g/mol. The van der Waals surface area contributed by atoms with Crippen molar-refractivity contribution in [1.82, 2.24) is 15.2 Å². The Balaban J connectivity index is 1.40. The first kappa shape index (κ1) is 24.9. The van der Waals surface area contributed by atoms with E-state index in [1.54, 1.807) is 7.11 Å². The number of methoxy groups -OCH3 is 1. The van der Waals surface area contributed by atoms with Gasteiger partial charge in [-0.25, -0.2) is 0 Å². The van der Waals surface area contributed by atoms with E-state index in [2.05, 4.69) is 21.2 Å². The monoisotopic (exact) mass is 535 g/mol. The Hall–Kier alpha value is -3.19. The quantitative estimate of drug-likeness (QED) is 0.453. The number of likely N-dealkylation sites (tertiary alicyclic amines) is 1. The summed E-state index contributed by atoms with van der Waals surface area (Å²) in [5.74, 6) is 0.890. The molecule has 35 heavy (non-hydrogen) atoms. The lowest BCUT2D eigenvalue weighted by Gasteiger charge is -2.32.